The molecule has 9 aromatic carbocycles. The number of fused-ring (bicyclic) bond motifs is 12. The fraction of sp³-hybridized carbons (Fsp3) is 0. The van der Waals surface area contributed by atoms with Gasteiger partial charge >= 0.3 is 0 Å². The number of hydrogen-bond acceptors (Lipinski definition) is 2. The van der Waals surface area contributed by atoms with Crippen molar-refractivity contribution in [1.82, 2.24) is 18.3 Å². The second kappa shape index (κ2) is 12.8. The van der Waals surface area contributed by atoms with E-state index in [0.717, 1.165) is 82.7 Å². The topological polar surface area (TPSA) is 67.3 Å². The SMILES string of the molecule is N#Cc1cc(-n2c3ccccc3c3cc(-n4c5ccccc5c5ccccc54)c(-n4c5ccccc5c5ccccc54)cc32)cc(C#N)c1-n1c2ccccc2c2ccccc21. The van der Waals surface area contributed by atoms with Gasteiger partial charge < -0.3 is 18.3 Å². The van der Waals surface area contributed by atoms with Crippen LogP contribution in [-0.4, -0.2) is 18.3 Å². The van der Waals surface area contributed by atoms with E-state index in [1.807, 2.05) is 36.4 Å². The van der Waals surface area contributed by atoms with Gasteiger partial charge in [-0.15, -0.1) is 0 Å². The molecule has 4 heterocycles. The van der Waals surface area contributed by atoms with E-state index in [-0.39, 0.29) is 0 Å². The minimum absolute atomic E-state index is 0.418. The number of para-hydroxylation sites is 7. The van der Waals surface area contributed by atoms with Crippen LogP contribution in [0, 0.1) is 22.7 Å². The quantitative estimate of drug-likeness (QED) is 0.178. The Morgan fingerprint density at radius 1 is 0.274 bits per heavy atom. The second-order valence-corrected chi connectivity index (χ2v) is 15.9. The number of nitriles is 2. The highest BCUT2D eigenvalue weighted by Crippen LogP contribution is 2.43. The standard InChI is InChI=1S/C56H32N6/c57-33-35-29-37(30-36(34-58)56(35)62-51-27-13-5-19-42(51)43-20-6-14-28-52(43)62)59-46-22-8-7-21-44(46)45-31-54(60-47-23-9-1-15-38(47)39-16-2-10-24-48(39)60)55(32-53(45)59)61-49-25-11-3-17-40(49)41-18-4-12-26-50(41)61/h1-32H. The van der Waals surface area contributed by atoms with Crippen LogP contribution in [0.25, 0.3) is 110 Å². The third kappa shape index (κ3) is 4.55. The molecule has 0 aliphatic carbocycles. The molecule has 6 nitrogen and oxygen atoms in total. The van der Waals surface area contributed by atoms with Gasteiger partial charge in [0.05, 0.1) is 72.3 Å². The van der Waals surface area contributed by atoms with Crippen LogP contribution in [0.3, 0.4) is 0 Å². The van der Waals surface area contributed by atoms with E-state index in [1.54, 1.807) is 0 Å². The van der Waals surface area contributed by atoms with Gasteiger partial charge in [0.15, 0.2) is 0 Å². The average molecular weight is 789 g/mol. The molecule has 0 N–H and O–H groups in total. The molecule has 13 rings (SSSR count). The Kier molecular flexibility index (Phi) is 7.05. The van der Waals surface area contributed by atoms with Crippen molar-refractivity contribution in [2.75, 3.05) is 0 Å². The Hall–Kier alpha value is -8.84. The summed E-state index contributed by atoms with van der Waals surface area (Å²) in [5.41, 5.74) is 12.5. The van der Waals surface area contributed by atoms with E-state index < -0.39 is 0 Å². The lowest BCUT2D eigenvalue weighted by atomic mass is 10.1. The van der Waals surface area contributed by atoms with E-state index in [9.17, 15) is 10.5 Å². The molecular formula is C56H32N6. The van der Waals surface area contributed by atoms with Gasteiger partial charge in [-0.25, -0.2) is 0 Å². The molecule has 0 unspecified atom stereocenters. The number of benzene rings is 9. The molecular weight excluding hydrogens is 757 g/mol. The molecule has 0 amide bonds. The number of hydrogen-bond donors (Lipinski definition) is 0. The van der Waals surface area contributed by atoms with Crippen molar-refractivity contribution >= 4 is 87.2 Å². The number of aromatic nitrogens is 4. The van der Waals surface area contributed by atoms with E-state index in [1.165, 1.54) is 21.5 Å². The predicted molar refractivity (Wildman–Crippen MR) is 253 cm³/mol. The first-order valence-corrected chi connectivity index (χ1v) is 20.7. The highest BCUT2D eigenvalue weighted by Gasteiger charge is 2.25. The summed E-state index contributed by atoms with van der Waals surface area (Å²) in [6.07, 6.45) is 0. The molecule has 0 saturated heterocycles. The smallest absolute Gasteiger partial charge is 0.101 e. The lowest BCUT2D eigenvalue weighted by Gasteiger charge is -2.19. The van der Waals surface area contributed by atoms with Gasteiger partial charge in [-0.3, -0.25) is 0 Å². The lowest BCUT2D eigenvalue weighted by molar-refractivity contribution is 1.09. The summed E-state index contributed by atoms with van der Waals surface area (Å²) in [4.78, 5) is 0. The summed E-state index contributed by atoms with van der Waals surface area (Å²) in [5, 5.41) is 31.1. The van der Waals surface area contributed by atoms with Crippen molar-refractivity contribution in [3.8, 4) is 34.9 Å². The van der Waals surface area contributed by atoms with Crippen molar-refractivity contribution in [3.63, 3.8) is 0 Å². The summed E-state index contributed by atoms with van der Waals surface area (Å²) >= 11 is 0. The Bertz CT molecular complexity index is 3940. The normalized spacial score (nSPS) is 11.8. The third-order valence-corrected chi connectivity index (χ3v) is 12.8. The van der Waals surface area contributed by atoms with Gasteiger partial charge in [0.25, 0.3) is 0 Å². The summed E-state index contributed by atoms with van der Waals surface area (Å²) in [6.45, 7) is 0. The minimum atomic E-state index is 0.418. The molecule has 6 heteroatoms. The fourth-order valence-electron chi connectivity index (χ4n) is 10.3. The highest BCUT2D eigenvalue weighted by atomic mass is 15.1. The zero-order chi connectivity index (χ0) is 41.1. The molecule has 4 aromatic heterocycles. The molecule has 62 heavy (non-hydrogen) atoms. The maximum Gasteiger partial charge on any atom is 0.101 e. The van der Waals surface area contributed by atoms with Crippen LogP contribution < -0.4 is 0 Å². The van der Waals surface area contributed by atoms with Gasteiger partial charge in [0.1, 0.15) is 12.1 Å². The van der Waals surface area contributed by atoms with Gasteiger partial charge in [-0.1, -0.05) is 127 Å². The molecule has 286 valence electrons. The number of rotatable bonds is 4. The van der Waals surface area contributed by atoms with Crippen LogP contribution in [-0.2, 0) is 0 Å². The minimum Gasteiger partial charge on any atom is -0.309 e. The Morgan fingerprint density at radius 3 is 0.919 bits per heavy atom. The van der Waals surface area contributed by atoms with Crippen molar-refractivity contribution in [2.45, 2.75) is 0 Å². The molecule has 0 spiro atoms. The van der Waals surface area contributed by atoms with Crippen molar-refractivity contribution in [3.05, 3.63) is 205 Å². The van der Waals surface area contributed by atoms with Crippen LogP contribution >= 0.6 is 0 Å². The van der Waals surface area contributed by atoms with E-state index in [2.05, 4.69) is 188 Å². The maximum absolute atomic E-state index is 11.0. The molecule has 0 aliphatic heterocycles. The Balaban J connectivity index is 1.17. The van der Waals surface area contributed by atoms with Crippen molar-refractivity contribution in [1.29, 1.82) is 10.5 Å². The van der Waals surface area contributed by atoms with Crippen molar-refractivity contribution in [2.24, 2.45) is 0 Å². The molecule has 0 atom stereocenters. The summed E-state index contributed by atoms with van der Waals surface area (Å²) in [5.74, 6) is 0. The largest absolute Gasteiger partial charge is 0.309 e. The lowest BCUT2D eigenvalue weighted by Crippen LogP contribution is -2.06. The summed E-state index contributed by atoms with van der Waals surface area (Å²) < 4.78 is 9.12. The zero-order valence-corrected chi connectivity index (χ0v) is 33.2. The Labute approximate surface area is 354 Å². The summed E-state index contributed by atoms with van der Waals surface area (Å²) in [6, 6.07) is 73.0. The predicted octanol–water partition coefficient (Wildman–Crippen LogP) is 13.8. The molecule has 0 saturated carbocycles. The van der Waals surface area contributed by atoms with Gasteiger partial charge in [0.2, 0.25) is 0 Å². The second-order valence-electron chi connectivity index (χ2n) is 15.9. The van der Waals surface area contributed by atoms with Crippen LogP contribution in [0.15, 0.2) is 194 Å². The third-order valence-electron chi connectivity index (χ3n) is 12.8. The first-order valence-electron chi connectivity index (χ1n) is 20.7. The van der Waals surface area contributed by atoms with Crippen LogP contribution in [0.5, 0.6) is 0 Å². The summed E-state index contributed by atoms with van der Waals surface area (Å²) in [7, 11) is 0. The fourth-order valence-corrected chi connectivity index (χ4v) is 10.3. The van der Waals surface area contributed by atoms with Crippen LogP contribution in [0.1, 0.15) is 11.1 Å². The van der Waals surface area contributed by atoms with Crippen molar-refractivity contribution < 1.29 is 0 Å². The highest BCUT2D eigenvalue weighted by molar-refractivity contribution is 6.15. The molecule has 0 aliphatic rings. The zero-order valence-electron chi connectivity index (χ0n) is 33.2. The van der Waals surface area contributed by atoms with Crippen LogP contribution in [0.2, 0.25) is 0 Å². The first-order chi connectivity index (χ1) is 30.7. The molecule has 0 bridgehead atoms. The maximum atomic E-state index is 11.0. The van der Waals surface area contributed by atoms with E-state index in [0.29, 0.717) is 16.8 Å². The van der Waals surface area contributed by atoms with Crippen LogP contribution in [0.4, 0.5) is 0 Å². The molecule has 13 aromatic rings. The molecule has 0 radical (unpaired) electrons. The van der Waals surface area contributed by atoms with E-state index in [4.69, 9.17) is 0 Å². The van der Waals surface area contributed by atoms with Gasteiger partial charge in [-0.05, 0) is 66.7 Å². The monoisotopic (exact) mass is 788 g/mol. The van der Waals surface area contributed by atoms with Gasteiger partial charge in [-0.2, -0.15) is 10.5 Å². The number of nitrogens with zero attached hydrogens (tertiary/aromatic N) is 6. The average Bonchev–Trinajstić information content (AvgIpc) is 4.05. The van der Waals surface area contributed by atoms with Gasteiger partial charge in [0, 0.05) is 48.8 Å². The molecule has 0 fully saturated rings. The Morgan fingerprint density at radius 2 is 0.565 bits per heavy atom. The van der Waals surface area contributed by atoms with E-state index >= 15 is 0 Å². The first kappa shape index (κ1) is 34.1.